The first-order valence-electron chi connectivity index (χ1n) is 8.93. The highest BCUT2D eigenvalue weighted by atomic mass is 35.5. The molecule has 0 aliphatic carbocycles. The van der Waals surface area contributed by atoms with Gasteiger partial charge in [-0.3, -0.25) is 4.79 Å². The molecule has 2 heterocycles. The molecule has 1 fully saturated rings. The predicted molar refractivity (Wildman–Crippen MR) is 113 cm³/mol. The van der Waals surface area contributed by atoms with Gasteiger partial charge < -0.3 is 10.6 Å². The Bertz CT molecular complexity index is 800. The molecular weight excluding hydrogens is 407 g/mol. The van der Waals surface area contributed by atoms with Gasteiger partial charge in [0.05, 0.1) is 27.8 Å². The third-order valence-electron chi connectivity index (χ3n) is 4.91. The van der Waals surface area contributed by atoms with Gasteiger partial charge in [0.15, 0.2) is 0 Å². The maximum atomic E-state index is 12.4. The van der Waals surface area contributed by atoms with Crippen LogP contribution in [0.1, 0.15) is 29.8 Å². The zero-order valence-electron chi connectivity index (χ0n) is 15.5. The van der Waals surface area contributed by atoms with Crippen LogP contribution in [0.3, 0.4) is 0 Å². The number of hydrogen-bond acceptors (Lipinski definition) is 3. The van der Waals surface area contributed by atoms with Crippen molar-refractivity contribution in [2.45, 2.75) is 33.1 Å². The SMILES string of the molecule is Cc1nn(-c2ccc(Cl)c(Cl)c2)c(C)c1CC(=O)NCC1CCCNC1.Cl. The third-order valence-corrected chi connectivity index (χ3v) is 5.65. The Kier molecular flexibility index (Phi) is 7.98. The van der Waals surface area contributed by atoms with E-state index in [4.69, 9.17) is 23.2 Å². The monoisotopic (exact) mass is 430 g/mol. The lowest BCUT2D eigenvalue weighted by Gasteiger charge is -2.22. The number of nitrogens with one attached hydrogen (secondary N) is 2. The van der Waals surface area contributed by atoms with Gasteiger partial charge in [-0.2, -0.15) is 5.10 Å². The van der Waals surface area contributed by atoms with Crippen LogP contribution in [0.5, 0.6) is 0 Å². The zero-order chi connectivity index (χ0) is 18.7. The third kappa shape index (κ3) is 5.38. The molecule has 1 amide bonds. The molecule has 1 aliphatic rings. The highest BCUT2D eigenvalue weighted by molar-refractivity contribution is 6.42. The van der Waals surface area contributed by atoms with Gasteiger partial charge in [0.1, 0.15) is 0 Å². The van der Waals surface area contributed by atoms with Crippen molar-refractivity contribution in [3.63, 3.8) is 0 Å². The first-order valence-corrected chi connectivity index (χ1v) is 9.69. The van der Waals surface area contributed by atoms with Crippen molar-refractivity contribution in [3.8, 4) is 5.69 Å². The minimum Gasteiger partial charge on any atom is -0.355 e. The number of nitrogens with zero attached hydrogens (tertiary/aromatic N) is 2. The first-order chi connectivity index (χ1) is 12.5. The minimum atomic E-state index is 0. The van der Waals surface area contributed by atoms with E-state index in [1.165, 1.54) is 12.8 Å². The van der Waals surface area contributed by atoms with Gasteiger partial charge >= 0.3 is 0 Å². The second-order valence-electron chi connectivity index (χ2n) is 6.85. The summed E-state index contributed by atoms with van der Waals surface area (Å²) in [5, 5.41) is 12.0. The lowest BCUT2D eigenvalue weighted by molar-refractivity contribution is -0.120. The van der Waals surface area contributed by atoms with Gasteiger partial charge in [-0.1, -0.05) is 23.2 Å². The second-order valence-corrected chi connectivity index (χ2v) is 7.67. The molecule has 0 saturated carbocycles. The van der Waals surface area contributed by atoms with E-state index in [1.807, 2.05) is 24.6 Å². The molecule has 1 saturated heterocycles. The summed E-state index contributed by atoms with van der Waals surface area (Å²) in [5.41, 5.74) is 3.58. The topological polar surface area (TPSA) is 59.0 Å². The van der Waals surface area contributed by atoms with Gasteiger partial charge in [-0.05, 0) is 63.9 Å². The fourth-order valence-corrected chi connectivity index (χ4v) is 3.67. The van der Waals surface area contributed by atoms with Crippen LogP contribution in [0.2, 0.25) is 10.0 Å². The van der Waals surface area contributed by atoms with Crippen LogP contribution in [0.4, 0.5) is 0 Å². The van der Waals surface area contributed by atoms with Crippen molar-refractivity contribution in [3.05, 3.63) is 45.2 Å². The normalized spacial score (nSPS) is 16.7. The summed E-state index contributed by atoms with van der Waals surface area (Å²) in [6, 6.07) is 5.40. The van der Waals surface area contributed by atoms with Crippen molar-refractivity contribution >= 4 is 41.5 Å². The Morgan fingerprint density at radius 1 is 1.33 bits per heavy atom. The summed E-state index contributed by atoms with van der Waals surface area (Å²) in [6.07, 6.45) is 2.68. The molecule has 1 aromatic heterocycles. The molecule has 3 rings (SSSR count). The molecule has 1 unspecified atom stereocenters. The van der Waals surface area contributed by atoms with E-state index in [0.717, 1.165) is 42.3 Å². The summed E-state index contributed by atoms with van der Waals surface area (Å²) < 4.78 is 1.81. The molecule has 1 atom stereocenters. The van der Waals surface area contributed by atoms with Crippen LogP contribution in [0.25, 0.3) is 5.69 Å². The summed E-state index contributed by atoms with van der Waals surface area (Å²) in [5.74, 6) is 0.560. The van der Waals surface area contributed by atoms with Gasteiger partial charge in [0, 0.05) is 17.8 Å². The summed E-state index contributed by atoms with van der Waals surface area (Å²) in [4.78, 5) is 12.4. The van der Waals surface area contributed by atoms with Crippen molar-refractivity contribution in [2.24, 2.45) is 5.92 Å². The van der Waals surface area contributed by atoms with Crippen LogP contribution in [-0.2, 0) is 11.2 Å². The van der Waals surface area contributed by atoms with E-state index in [2.05, 4.69) is 15.7 Å². The lowest BCUT2D eigenvalue weighted by Crippen LogP contribution is -2.38. The number of carbonyl (C=O) groups is 1. The number of halogens is 3. The number of aryl methyl sites for hydroxylation is 1. The standard InChI is InChI=1S/C19H24Cl2N4O.ClH/c1-12-16(9-19(26)23-11-14-4-3-7-22-10-14)13(2)25(24-12)15-5-6-17(20)18(21)8-15;/h5-6,8,14,22H,3-4,7,9-11H2,1-2H3,(H,23,26);1H. The van der Waals surface area contributed by atoms with Crippen molar-refractivity contribution in [1.29, 1.82) is 0 Å². The Morgan fingerprint density at radius 2 is 2.11 bits per heavy atom. The van der Waals surface area contributed by atoms with Crippen LogP contribution >= 0.6 is 35.6 Å². The molecule has 27 heavy (non-hydrogen) atoms. The lowest BCUT2D eigenvalue weighted by atomic mass is 9.99. The summed E-state index contributed by atoms with van der Waals surface area (Å²) in [6.45, 7) is 6.68. The van der Waals surface area contributed by atoms with Crippen molar-refractivity contribution in [2.75, 3.05) is 19.6 Å². The highest BCUT2D eigenvalue weighted by Crippen LogP contribution is 2.26. The molecule has 0 bridgehead atoms. The van der Waals surface area contributed by atoms with E-state index in [1.54, 1.807) is 12.1 Å². The Labute approximate surface area is 176 Å². The van der Waals surface area contributed by atoms with Gasteiger partial charge in [0.25, 0.3) is 0 Å². The molecule has 5 nitrogen and oxygen atoms in total. The summed E-state index contributed by atoms with van der Waals surface area (Å²) in [7, 11) is 0. The minimum absolute atomic E-state index is 0. The van der Waals surface area contributed by atoms with Gasteiger partial charge in [-0.15, -0.1) is 12.4 Å². The fraction of sp³-hybridized carbons (Fsp3) is 0.474. The smallest absolute Gasteiger partial charge is 0.224 e. The maximum absolute atomic E-state index is 12.4. The zero-order valence-corrected chi connectivity index (χ0v) is 17.8. The van der Waals surface area contributed by atoms with Crippen molar-refractivity contribution < 1.29 is 4.79 Å². The van der Waals surface area contributed by atoms with E-state index < -0.39 is 0 Å². The van der Waals surface area contributed by atoms with Gasteiger partial charge in [0.2, 0.25) is 5.91 Å². The average Bonchev–Trinajstić information content (AvgIpc) is 2.91. The molecule has 1 aliphatic heterocycles. The maximum Gasteiger partial charge on any atom is 0.224 e. The molecule has 2 aromatic rings. The van der Waals surface area contributed by atoms with Crippen LogP contribution in [0.15, 0.2) is 18.2 Å². The van der Waals surface area contributed by atoms with E-state index in [0.29, 0.717) is 22.4 Å². The number of piperidine rings is 1. The highest BCUT2D eigenvalue weighted by Gasteiger charge is 2.18. The fourth-order valence-electron chi connectivity index (χ4n) is 3.38. The first kappa shape index (κ1) is 22.0. The molecule has 0 spiro atoms. The quantitative estimate of drug-likeness (QED) is 0.755. The number of benzene rings is 1. The Morgan fingerprint density at radius 3 is 2.78 bits per heavy atom. The molecule has 8 heteroatoms. The van der Waals surface area contributed by atoms with Crippen LogP contribution < -0.4 is 10.6 Å². The van der Waals surface area contributed by atoms with E-state index >= 15 is 0 Å². The number of rotatable bonds is 5. The second kappa shape index (κ2) is 9.78. The van der Waals surface area contributed by atoms with Crippen molar-refractivity contribution in [1.82, 2.24) is 20.4 Å². The molecular formula is C19H25Cl3N4O. The average molecular weight is 432 g/mol. The van der Waals surface area contributed by atoms with Crippen LogP contribution in [0, 0.1) is 19.8 Å². The molecule has 0 radical (unpaired) electrons. The Balaban J connectivity index is 0.00000261. The Hall–Kier alpha value is -1.27. The largest absolute Gasteiger partial charge is 0.355 e. The molecule has 148 valence electrons. The van der Waals surface area contributed by atoms with E-state index in [-0.39, 0.29) is 18.3 Å². The van der Waals surface area contributed by atoms with Crippen LogP contribution in [-0.4, -0.2) is 35.3 Å². The number of amides is 1. The van der Waals surface area contributed by atoms with E-state index in [9.17, 15) is 4.79 Å². The number of aromatic nitrogens is 2. The number of hydrogen-bond donors (Lipinski definition) is 2. The predicted octanol–water partition coefficient (Wildman–Crippen LogP) is 3.88. The summed E-state index contributed by atoms with van der Waals surface area (Å²) >= 11 is 12.1. The van der Waals surface area contributed by atoms with Gasteiger partial charge in [-0.25, -0.2) is 4.68 Å². The number of carbonyl (C=O) groups excluding carboxylic acids is 1. The molecule has 1 aromatic carbocycles. The molecule has 2 N–H and O–H groups in total.